The summed E-state index contributed by atoms with van der Waals surface area (Å²) in [5, 5.41) is 5.69. The van der Waals surface area contributed by atoms with Crippen molar-refractivity contribution in [2.24, 2.45) is 0 Å². The molecule has 2 N–H and O–H groups in total. The van der Waals surface area contributed by atoms with E-state index in [1.807, 2.05) is 37.2 Å². The van der Waals surface area contributed by atoms with E-state index in [1.165, 1.54) is 0 Å². The number of rotatable bonds is 5. The molecule has 1 aromatic carbocycles. The fraction of sp³-hybridized carbons (Fsp3) is 0.529. The Labute approximate surface area is 132 Å². The van der Waals surface area contributed by atoms with Crippen LogP contribution in [-0.4, -0.2) is 38.5 Å². The van der Waals surface area contributed by atoms with E-state index in [0.717, 1.165) is 30.5 Å². The molecular weight excluding hydrogens is 278 g/mol. The van der Waals surface area contributed by atoms with E-state index in [2.05, 4.69) is 16.7 Å². The number of amides is 2. The maximum Gasteiger partial charge on any atom is 0.242 e. The summed E-state index contributed by atoms with van der Waals surface area (Å²) in [5.41, 5.74) is 2.26. The zero-order valence-corrected chi connectivity index (χ0v) is 13.4. The second-order valence-corrected chi connectivity index (χ2v) is 5.97. The van der Waals surface area contributed by atoms with Crippen LogP contribution in [0.2, 0.25) is 0 Å². The van der Waals surface area contributed by atoms with E-state index in [1.54, 1.807) is 0 Å². The second kappa shape index (κ2) is 7.82. The Morgan fingerprint density at radius 2 is 2.18 bits per heavy atom. The summed E-state index contributed by atoms with van der Waals surface area (Å²) in [6.07, 6.45) is 3.76. The van der Waals surface area contributed by atoms with Gasteiger partial charge in [0.2, 0.25) is 11.8 Å². The minimum atomic E-state index is -0.372. The minimum Gasteiger partial charge on any atom is -0.378 e. The van der Waals surface area contributed by atoms with Crippen molar-refractivity contribution in [3.63, 3.8) is 0 Å². The number of aryl methyl sites for hydroxylation is 1. The number of nitrogens with one attached hydrogen (secondary N) is 2. The van der Waals surface area contributed by atoms with Gasteiger partial charge in [-0.1, -0.05) is 12.1 Å². The van der Waals surface area contributed by atoms with Gasteiger partial charge in [0.15, 0.2) is 0 Å². The van der Waals surface area contributed by atoms with E-state index in [9.17, 15) is 9.59 Å². The van der Waals surface area contributed by atoms with Gasteiger partial charge < -0.3 is 15.5 Å². The molecule has 0 aliphatic carbocycles. The standard InChI is InChI=1S/C17H25N3O2/c1-20(2)14-7-5-6-13(12-14)9-10-16(21)19-15-8-3-4-11-18-17(15)22/h5-7,12,15H,3-4,8-11H2,1-2H3,(H,18,22)(H,19,21)/t15-/m0/s1. The van der Waals surface area contributed by atoms with Crippen molar-refractivity contribution in [3.8, 4) is 0 Å². The van der Waals surface area contributed by atoms with Gasteiger partial charge in [0.1, 0.15) is 6.04 Å². The third-order valence-corrected chi connectivity index (χ3v) is 3.94. The summed E-state index contributed by atoms with van der Waals surface area (Å²) < 4.78 is 0. The van der Waals surface area contributed by atoms with E-state index < -0.39 is 0 Å². The zero-order chi connectivity index (χ0) is 15.9. The molecule has 0 spiro atoms. The Morgan fingerprint density at radius 1 is 1.36 bits per heavy atom. The molecule has 0 saturated carbocycles. The van der Waals surface area contributed by atoms with Gasteiger partial charge in [0.25, 0.3) is 0 Å². The molecule has 1 aromatic rings. The number of carbonyl (C=O) groups excluding carboxylic acids is 2. The first-order valence-corrected chi connectivity index (χ1v) is 7.89. The maximum atomic E-state index is 12.1. The van der Waals surface area contributed by atoms with E-state index in [0.29, 0.717) is 19.4 Å². The molecule has 1 aliphatic rings. The van der Waals surface area contributed by atoms with Crippen LogP contribution in [0.4, 0.5) is 5.69 Å². The molecule has 120 valence electrons. The Bertz CT molecular complexity index is 528. The Morgan fingerprint density at radius 3 is 2.95 bits per heavy atom. The van der Waals surface area contributed by atoms with Gasteiger partial charge in [0, 0.05) is 32.7 Å². The predicted molar refractivity (Wildman–Crippen MR) is 87.9 cm³/mol. The summed E-state index contributed by atoms with van der Waals surface area (Å²) in [4.78, 5) is 25.9. The number of anilines is 1. The Balaban J connectivity index is 1.84. The van der Waals surface area contributed by atoms with Crippen LogP contribution in [0.25, 0.3) is 0 Å². The highest BCUT2D eigenvalue weighted by Gasteiger charge is 2.21. The van der Waals surface area contributed by atoms with Crippen molar-refractivity contribution in [1.82, 2.24) is 10.6 Å². The van der Waals surface area contributed by atoms with Gasteiger partial charge in [0.05, 0.1) is 0 Å². The van der Waals surface area contributed by atoms with Crippen LogP contribution in [0.1, 0.15) is 31.2 Å². The van der Waals surface area contributed by atoms with Crippen LogP contribution in [0, 0.1) is 0 Å². The Hall–Kier alpha value is -2.04. The van der Waals surface area contributed by atoms with Crippen LogP contribution >= 0.6 is 0 Å². The van der Waals surface area contributed by atoms with Gasteiger partial charge >= 0.3 is 0 Å². The van der Waals surface area contributed by atoms with Crippen molar-refractivity contribution >= 4 is 17.5 Å². The average molecular weight is 303 g/mol. The van der Waals surface area contributed by atoms with Crippen molar-refractivity contribution in [2.75, 3.05) is 25.5 Å². The fourth-order valence-electron chi connectivity index (χ4n) is 2.59. The minimum absolute atomic E-state index is 0.0551. The molecule has 5 heteroatoms. The van der Waals surface area contributed by atoms with Gasteiger partial charge in [-0.15, -0.1) is 0 Å². The lowest BCUT2D eigenvalue weighted by Crippen LogP contribution is -2.45. The molecule has 0 radical (unpaired) electrons. The molecule has 0 unspecified atom stereocenters. The lowest BCUT2D eigenvalue weighted by atomic mass is 10.1. The SMILES string of the molecule is CN(C)c1cccc(CCC(=O)N[C@H]2CCCCNC2=O)c1. The topological polar surface area (TPSA) is 61.4 Å². The molecule has 0 bridgehead atoms. The fourth-order valence-corrected chi connectivity index (χ4v) is 2.59. The lowest BCUT2D eigenvalue weighted by molar-refractivity contribution is -0.128. The highest BCUT2D eigenvalue weighted by molar-refractivity contribution is 5.87. The number of nitrogens with zero attached hydrogens (tertiary/aromatic N) is 1. The summed E-state index contributed by atoms with van der Waals surface area (Å²) in [6, 6.07) is 7.79. The highest BCUT2D eigenvalue weighted by atomic mass is 16.2. The van der Waals surface area contributed by atoms with Crippen LogP contribution in [-0.2, 0) is 16.0 Å². The molecule has 1 saturated heterocycles. The van der Waals surface area contributed by atoms with Crippen LogP contribution in [0.3, 0.4) is 0 Å². The quantitative estimate of drug-likeness (QED) is 0.866. The van der Waals surface area contributed by atoms with E-state index >= 15 is 0 Å². The molecule has 2 amide bonds. The molecular formula is C17H25N3O2. The Kier molecular flexibility index (Phi) is 5.81. The number of hydrogen-bond acceptors (Lipinski definition) is 3. The summed E-state index contributed by atoms with van der Waals surface area (Å²) in [5.74, 6) is -0.113. The van der Waals surface area contributed by atoms with Crippen molar-refractivity contribution < 1.29 is 9.59 Å². The molecule has 1 fully saturated rings. The first kappa shape index (κ1) is 16.3. The predicted octanol–water partition coefficient (Wildman–Crippen LogP) is 1.47. The van der Waals surface area contributed by atoms with E-state index in [4.69, 9.17) is 0 Å². The van der Waals surface area contributed by atoms with Crippen molar-refractivity contribution in [2.45, 2.75) is 38.1 Å². The molecule has 22 heavy (non-hydrogen) atoms. The van der Waals surface area contributed by atoms with Gasteiger partial charge in [-0.05, 0) is 43.4 Å². The molecule has 0 aromatic heterocycles. The zero-order valence-electron chi connectivity index (χ0n) is 13.4. The highest BCUT2D eigenvalue weighted by Crippen LogP contribution is 2.14. The lowest BCUT2D eigenvalue weighted by Gasteiger charge is -2.16. The van der Waals surface area contributed by atoms with Crippen molar-refractivity contribution in [3.05, 3.63) is 29.8 Å². The summed E-state index contributed by atoms with van der Waals surface area (Å²) >= 11 is 0. The van der Waals surface area contributed by atoms with Gasteiger partial charge in [-0.3, -0.25) is 9.59 Å². The normalized spacial score (nSPS) is 18.3. The number of hydrogen-bond donors (Lipinski definition) is 2. The van der Waals surface area contributed by atoms with Gasteiger partial charge in [-0.2, -0.15) is 0 Å². The smallest absolute Gasteiger partial charge is 0.242 e. The summed E-state index contributed by atoms with van der Waals surface area (Å²) in [6.45, 7) is 0.711. The molecule has 5 nitrogen and oxygen atoms in total. The van der Waals surface area contributed by atoms with Crippen LogP contribution in [0.5, 0.6) is 0 Å². The van der Waals surface area contributed by atoms with Gasteiger partial charge in [-0.25, -0.2) is 0 Å². The number of benzene rings is 1. The van der Waals surface area contributed by atoms with Crippen LogP contribution < -0.4 is 15.5 Å². The first-order chi connectivity index (χ1) is 10.6. The first-order valence-electron chi connectivity index (χ1n) is 7.89. The third-order valence-electron chi connectivity index (χ3n) is 3.94. The monoisotopic (exact) mass is 303 g/mol. The second-order valence-electron chi connectivity index (χ2n) is 5.97. The molecule has 1 heterocycles. The largest absolute Gasteiger partial charge is 0.378 e. The molecule has 2 rings (SSSR count). The molecule has 1 atom stereocenters. The average Bonchev–Trinajstić information content (AvgIpc) is 2.70. The third kappa shape index (κ3) is 4.76. The number of carbonyl (C=O) groups is 2. The summed E-state index contributed by atoms with van der Waals surface area (Å²) in [7, 11) is 3.99. The van der Waals surface area contributed by atoms with Crippen molar-refractivity contribution in [1.29, 1.82) is 0 Å². The molecule has 1 aliphatic heterocycles. The van der Waals surface area contributed by atoms with E-state index in [-0.39, 0.29) is 17.9 Å². The van der Waals surface area contributed by atoms with Crippen LogP contribution in [0.15, 0.2) is 24.3 Å². The maximum absolute atomic E-state index is 12.1.